The molecule has 0 unspecified atom stereocenters. The van der Waals surface area contributed by atoms with Crippen molar-refractivity contribution in [3.8, 4) is 11.5 Å². The van der Waals surface area contributed by atoms with Crippen LogP contribution in [0.25, 0.3) is 0 Å². The molecule has 26 heavy (non-hydrogen) atoms. The van der Waals surface area contributed by atoms with Crippen LogP contribution < -0.4 is 14.8 Å². The Morgan fingerprint density at radius 2 is 1.81 bits per heavy atom. The number of carbonyl (C=O) groups is 1. The highest BCUT2D eigenvalue weighted by Crippen LogP contribution is 2.37. The van der Waals surface area contributed by atoms with Crippen molar-refractivity contribution in [3.05, 3.63) is 52.0 Å². The van der Waals surface area contributed by atoms with E-state index in [0.717, 1.165) is 12.1 Å². The number of benzene rings is 2. The van der Waals surface area contributed by atoms with Crippen LogP contribution in [0.1, 0.15) is 50.0 Å². The molecule has 0 atom stereocenters. The second-order valence-electron chi connectivity index (χ2n) is 7.12. The van der Waals surface area contributed by atoms with Gasteiger partial charge in [0.05, 0.1) is 18.2 Å². The Morgan fingerprint density at radius 3 is 2.35 bits per heavy atom. The summed E-state index contributed by atoms with van der Waals surface area (Å²) in [5, 5.41) is 2.92. The molecule has 2 rings (SSSR count). The third kappa shape index (κ3) is 5.01. The van der Waals surface area contributed by atoms with E-state index in [-0.39, 0.29) is 11.3 Å². The molecule has 2 aromatic rings. The lowest BCUT2D eigenvalue weighted by atomic mass is 9.87. The number of nitrogens with one attached hydrogen (secondary N) is 1. The third-order valence-corrected chi connectivity index (χ3v) is 4.54. The fraction of sp³-hybridized carbons (Fsp3) is 0.381. The molecule has 0 aliphatic carbocycles. The van der Waals surface area contributed by atoms with Crippen molar-refractivity contribution in [2.24, 2.45) is 0 Å². The molecule has 0 aliphatic heterocycles. The number of amides is 1. The highest BCUT2D eigenvalue weighted by molar-refractivity contribution is 9.10. The Labute approximate surface area is 164 Å². The lowest BCUT2D eigenvalue weighted by Gasteiger charge is -2.19. The second-order valence-corrected chi connectivity index (χ2v) is 7.97. The zero-order valence-electron chi connectivity index (χ0n) is 16.0. The average molecular weight is 420 g/mol. The van der Waals surface area contributed by atoms with E-state index >= 15 is 0 Å². The van der Waals surface area contributed by atoms with Gasteiger partial charge in [-0.25, -0.2) is 0 Å². The van der Waals surface area contributed by atoms with Crippen LogP contribution in [0.4, 0.5) is 5.69 Å². The highest BCUT2D eigenvalue weighted by atomic mass is 79.9. The molecule has 0 heterocycles. The Kier molecular flexibility index (Phi) is 6.70. The number of carbonyl (C=O) groups excluding carboxylic acids is 1. The normalized spacial score (nSPS) is 11.2. The van der Waals surface area contributed by atoms with E-state index in [4.69, 9.17) is 9.47 Å². The summed E-state index contributed by atoms with van der Waals surface area (Å²) in [7, 11) is 1.56. The number of hydrogen-bond acceptors (Lipinski definition) is 3. The van der Waals surface area contributed by atoms with Gasteiger partial charge >= 0.3 is 0 Å². The van der Waals surface area contributed by atoms with Crippen LogP contribution in [0.2, 0.25) is 0 Å². The van der Waals surface area contributed by atoms with Crippen molar-refractivity contribution in [1.29, 1.82) is 0 Å². The summed E-state index contributed by atoms with van der Waals surface area (Å²) < 4.78 is 11.8. The number of rotatable bonds is 6. The summed E-state index contributed by atoms with van der Waals surface area (Å²) in [6.07, 6.45) is 0.891. The van der Waals surface area contributed by atoms with Crippen LogP contribution >= 0.6 is 15.9 Å². The van der Waals surface area contributed by atoms with E-state index in [1.165, 1.54) is 5.56 Å². The Morgan fingerprint density at radius 1 is 1.15 bits per heavy atom. The van der Waals surface area contributed by atoms with Gasteiger partial charge in [0.25, 0.3) is 5.91 Å². The summed E-state index contributed by atoms with van der Waals surface area (Å²) in [6.45, 7) is 9.10. The maximum Gasteiger partial charge on any atom is 0.255 e. The Balaban J connectivity index is 2.20. The highest BCUT2D eigenvalue weighted by Gasteiger charge is 2.17. The van der Waals surface area contributed by atoms with Gasteiger partial charge in [-0.05, 0) is 57.6 Å². The third-order valence-electron chi connectivity index (χ3n) is 3.95. The van der Waals surface area contributed by atoms with Crippen molar-refractivity contribution < 1.29 is 14.3 Å². The molecule has 2 aromatic carbocycles. The summed E-state index contributed by atoms with van der Waals surface area (Å²) in [5.41, 5.74) is 2.55. The number of anilines is 1. The van der Waals surface area contributed by atoms with Gasteiger partial charge in [0, 0.05) is 11.3 Å². The van der Waals surface area contributed by atoms with Crippen LogP contribution in [0.15, 0.2) is 40.9 Å². The molecule has 0 aromatic heterocycles. The minimum Gasteiger partial charge on any atom is -0.493 e. The topological polar surface area (TPSA) is 47.6 Å². The van der Waals surface area contributed by atoms with Gasteiger partial charge in [-0.15, -0.1) is 0 Å². The van der Waals surface area contributed by atoms with Gasteiger partial charge in [0.15, 0.2) is 11.5 Å². The quantitative estimate of drug-likeness (QED) is 0.643. The van der Waals surface area contributed by atoms with Crippen LogP contribution in [0.3, 0.4) is 0 Å². The molecule has 1 amide bonds. The predicted octanol–water partition coefficient (Wildman–Crippen LogP) is 5.80. The molecule has 0 saturated heterocycles. The first-order valence-electron chi connectivity index (χ1n) is 8.68. The van der Waals surface area contributed by atoms with Gasteiger partial charge in [0.1, 0.15) is 0 Å². The summed E-state index contributed by atoms with van der Waals surface area (Å²) in [5.74, 6) is 0.941. The summed E-state index contributed by atoms with van der Waals surface area (Å²) >= 11 is 3.47. The molecule has 0 aliphatic rings. The van der Waals surface area contributed by atoms with E-state index in [1.807, 2.05) is 31.2 Å². The van der Waals surface area contributed by atoms with Crippen molar-refractivity contribution in [2.75, 3.05) is 19.0 Å². The van der Waals surface area contributed by atoms with E-state index in [2.05, 4.69) is 42.0 Å². The second kappa shape index (κ2) is 8.58. The Hall–Kier alpha value is -2.01. The largest absolute Gasteiger partial charge is 0.493 e. The van der Waals surface area contributed by atoms with Crippen molar-refractivity contribution in [3.63, 3.8) is 0 Å². The van der Waals surface area contributed by atoms with Gasteiger partial charge in [-0.1, -0.05) is 39.8 Å². The zero-order valence-corrected chi connectivity index (χ0v) is 17.6. The van der Waals surface area contributed by atoms with Gasteiger partial charge < -0.3 is 14.8 Å². The van der Waals surface area contributed by atoms with Gasteiger partial charge in [-0.2, -0.15) is 0 Å². The predicted molar refractivity (Wildman–Crippen MR) is 110 cm³/mol. The zero-order chi connectivity index (χ0) is 19.3. The fourth-order valence-electron chi connectivity index (χ4n) is 2.45. The van der Waals surface area contributed by atoms with E-state index in [9.17, 15) is 4.79 Å². The lowest BCUT2D eigenvalue weighted by Crippen LogP contribution is -2.14. The molecule has 4 nitrogen and oxygen atoms in total. The molecule has 5 heteroatoms. The Bertz CT molecular complexity index is 764. The lowest BCUT2D eigenvalue weighted by molar-refractivity contribution is 0.102. The minimum absolute atomic E-state index is 0.0785. The van der Waals surface area contributed by atoms with Crippen molar-refractivity contribution >= 4 is 27.5 Å². The standard InChI is InChI=1S/C21H26BrNO3/c1-6-11-26-19-17(22)12-14(13-18(19)25-5)20(24)23-16-9-7-15(8-10-16)21(2,3)4/h7-10,12-13H,6,11H2,1-5H3,(H,23,24). The van der Waals surface area contributed by atoms with Crippen molar-refractivity contribution in [2.45, 2.75) is 39.5 Å². The molecule has 0 spiro atoms. The fourth-order valence-corrected chi connectivity index (χ4v) is 3.01. The van der Waals surface area contributed by atoms with E-state index < -0.39 is 0 Å². The SMILES string of the molecule is CCCOc1c(Br)cc(C(=O)Nc2ccc(C(C)(C)C)cc2)cc1OC. The maximum absolute atomic E-state index is 12.6. The van der Waals surface area contributed by atoms with E-state index in [1.54, 1.807) is 19.2 Å². The van der Waals surface area contributed by atoms with Crippen LogP contribution in [-0.2, 0) is 5.41 Å². The van der Waals surface area contributed by atoms with Crippen LogP contribution in [0.5, 0.6) is 11.5 Å². The van der Waals surface area contributed by atoms with Crippen LogP contribution in [-0.4, -0.2) is 19.6 Å². The average Bonchev–Trinajstić information content (AvgIpc) is 2.59. The van der Waals surface area contributed by atoms with E-state index in [0.29, 0.717) is 28.1 Å². The maximum atomic E-state index is 12.6. The van der Waals surface area contributed by atoms with Gasteiger partial charge in [-0.3, -0.25) is 4.79 Å². The molecule has 0 saturated carbocycles. The first-order valence-corrected chi connectivity index (χ1v) is 9.47. The van der Waals surface area contributed by atoms with Crippen LogP contribution in [0, 0.1) is 0 Å². The molecule has 140 valence electrons. The number of methoxy groups -OCH3 is 1. The molecule has 0 fully saturated rings. The first-order chi connectivity index (χ1) is 12.3. The molecule has 0 radical (unpaired) electrons. The smallest absolute Gasteiger partial charge is 0.255 e. The molecule has 1 N–H and O–H groups in total. The summed E-state index contributed by atoms with van der Waals surface area (Å²) in [6, 6.07) is 11.3. The monoisotopic (exact) mass is 419 g/mol. The molecular formula is C21H26BrNO3. The number of ether oxygens (including phenoxy) is 2. The molecular weight excluding hydrogens is 394 g/mol. The number of halogens is 1. The van der Waals surface area contributed by atoms with Crippen molar-refractivity contribution in [1.82, 2.24) is 0 Å². The number of hydrogen-bond donors (Lipinski definition) is 1. The first kappa shape index (κ1) is 20.3. The minimum atomic E-state index is -0.199. The molecule has 0 bridgehead atoms. The van der Waals surface area contributed by atoms with Gasteiger partial charge in [0.2, 0.25) is 0 Å². The summed E-state index contributed by atoms with van der Waals surface area (Å²) in [4.78, 5) is 12.6.